The lowest BCUT2D eigenvalue weighted by Crippen LogP contribution is -1.98. The first-order chi connectivity index (χ1) is 4.41. The standard InChI is InChI=1S/C6H13ClOS/c1-9-6-5-8-4-2-3-7/h2-6H2,1H3. The molecule has 3 heteroatoms. The van der Waals surface area contributed by atoms with Crippen molar-refractivity contribution >= 4 is 23.4 Å². The second kappa shape index (κ2) is 8.60. The predicted molar refractivity (Wildman–Crippen MR) is 44.5 cm³/mol. The van der Waals surface area contributed by atoms with Gasteiger partial charge in [0, 0.05) is 18.2 Å². The molecule has 0 spiro atoms. The zero-order chi connectivity index (χ0) is 6.95. The fourth-order valence-electron chi connectivity index (χ4n) is 0.401. The zero-order valence-corrected chi connectivity index (χ0v) is 7.30. The number of alkyl halides is 1. The summed E-state index contributed by atoms with van der Waals surface area (Å²) in [6, 6.07) is 0. The van der Waals surface area contributed by atoms with E-state index in [1.165, 1.54) is 0 Å². The van der Waals surface area contributed by atoms with E-state index in [0.717, 1.165) is 25.4 Å². The van der Waals surface area contributed by atoms with E-state index >= 15 is 0 Å². The van der Waals surface area contributed by atoms with Gasteiger partial charge in [-0.1, -0.05) is 0 Å². The number of hydrogen-bond donors (Lipinski definition) is 0. The summed E-state index contributed by atoms with van der Waals surface area (Å²) < 4.78 is 5.21. The fraction of sp³-hybridized carbons (Fsp3) is 1.00. The van der Waals surface area contributed by atoms with E-state index in [1.54, 1.807) is 11.8 Å². The van der Waals surface area contributed by atoms with Crippen LogP contribution in [0.3, 0.4) is 0 Å². The van der Waals surface area contributed by atoms with E-state index in [2.05, 4.69) is 6.26 Å². The first-order valence-electron chi connectivity index (χ1n) is 3.04. The summed E-state index contributed by atoms with van der Waals surface area (Å²) in [6.45, 7) is 1.67. The molecule has 0 aliphatic heterocycles. The second-order valence-electron chi connectivity index (χ2n) is 1.65. The van der Waals surface area contributed by atoms with Crippen LogP contribution in [0, 0.1) is 0 Å². The van der Waals surface area contributed by atoms with Crippen molar-refractivity contribution in [1.82, 2.24) is 0 Å². The number of ether oxygens (including phenoxy) is 1. The van der Waals surface area contributed by atoms with E-state index < -0.39 is 0 Å². The van der Waals surface area contributed by atoms with Crippen LogP contribution in [-0.4, -0.2) is 31.1 Å². The molecule has 0 saturated heterocycles. The molecule has 56 valence electrons. The van der Waals surface area contributed by atoms with Crippen molar-refractivity contribution < 1.29 is 4.74 Å². The van der Waals surface area contributed by atoms with Crippen molar-refractivity contribution in [2.75, 3.05) is 31.1 Å². The highest BCUT2D eigenvalue weighted by Crippen LogP contribution is 1.92. The molecule has 0 radical (unpaired) electrons. The van der Waals surface area contributed by atoms with Crippen LogP contribution in [0.4, 0.5) is 0 Å². The lowest BCUT2D eigenvalue weighted by Gasteiger charge is -1.98. The van der Waals surface area contributed by atoms with Crippen molar-refractivity contribution in [2.24, 2.45) is 0 Å². The molecule has 1 nitrogen and oxygen atoms in total. The smallest absolute Gasteiger partial charge is 0.0556 e. The van der Waals surface area contributed by atoms with Crippen LogP contribution in [0.15, 0.2) is 0 Å². The summed E-state index contributed by atoms with van der Waals surface area (Å²) in [5.41, 5.74) is 0. The van der Waals surface area contributed by atoms with Crippen LogP contribution in [0.25, 0.3) is 0 Å². The monoisotopic (exact) mass is 168 g/mol. The maximum atomic E-state index is 5.43. The Balaban J connectivity index is 2.60. The van der Waals surface area contributed by atoms with E-state index in [1.807, 2.05) is 0 Å². The summed E-state index contributed by atoms with van der Waals surface area (Å²) in [5.74, 6) is 1.79. The molecule has 0 bridgehead atoms. The number of thioether (sulfide) groups is 1. The number of rotatable bonds is 6. The average molecular weight is 169 g/mol. The minimum absolute atomic E-state index is 0.708. The first kappa shape index (κ1) is 9.60. The topological polar surface area (TPSA) is 9.23 Å². The summed E-state index contributed by atoms with van der Waals surface area (Å²) in [5, 5.41) is 0. The van der Waals surface area contributed by atoms with E-state index in [4.69, 9.17) is 16.3 Å². The third-order valence-corrected chi connectivity index (χ3v) is 1.70. The molecular weight excluding hydrogens is 156 g/mol. The zero-order valence-electron chi connectivity index (χ0n) is 5.73. The van der Waals surface area contributed by atoms with Crippen molar-refractivity contribution in [1.29, 1.82) is 0 Å². The predicted octanol–water partition coefficient (Wildman–Crippen LogP) is 1.99. The first-order valence-corrected chi connectivity index (χ1v) is 4.97. The molecule has 0 N–H and O–H groups in total. The molecule has 0 amide bonds. The summed E-state index contributed by atoms with van der Waals surface area (Å²) in [7, 11) is 0. The Bertz CT molecular complexity index is 46.3. The highest BCUT2D eigenvalue weighted by atomic mass is 35.5. The Morgan fingerprint density at radius 3 is 2.78 bits per heavy atom. The summed E-state index contributed by atoms with van der Waals surface area (Å²) in [6.07, 6.45) is 3.04. The van der Waals surface area contributed by atoms with Gasteiger partial charge in [-0.05, 0) is 12.7 Å². The molecule has 0 unspecified atom stereocenters. The molecule has 0 fully saturated rings. The molecule has 0 saturated carbocycles. The SMILES string of the molecule is CSCCOCCCCl. The van der Waals surface area contributed by atoms with E-state index in [0.29, 0.717) is 5.88 Å². The summed E-state index contributed by atoms with van der Waals surface area (Å²) in [4.78, 5) is 0. The van der Waals surface area contributed by atoms with Gasteiger partial charge in [-0.25, -0.2) is 0 Å². The third-order valence-electron chi connectivity index (χ3n) is 0.854. The maximum absolute atomic E-state index is 5.43. The Kier molecular flexibility index (Phi) is 9.17. The van der Waals surface area contributed by atoms with Gasteiger partial charge in [0.25, 0.3) is 0 Å². The Hall–Kier alpha value is 0.600. The van der Waals surface area contributed by atoms with Gasteiger partial charge < -0.3 is 4.74 Å². The highest BCUT2D eigenvalue weighted by molar-refractivity contribution is 7.98. The molecule has 0 aromatic carbocycles. The largest absolute Gasteiger partial charge is 0.381 e. The van der Waals surface area contributed by atoms with Crippen molar-refractivity contribution in [2.45, 2.75) is 6.42 Å². The molecule has 0 atom stereocenters. The minimum atomic E-state index is 0.708. The lowest BCUT2D eigenvalue weighted by atomic mass is 10.5. The van der Waals surface area contributed by atoms with Crippen LogP contribution >= 0.6 is 23.4 Å². The molecule has 0 aromatic rings. The molecule has 0 aromatic heterocycles. The van der Waals surface area contributed by atoms with Gasteiger partial charge in [-0.3, -0.25) is 0 Å². The number of halogens is 1. The van der Waals surface area contributed by atoms with Gasteiger partial charge in [0.2, 0.25) is 0 Å². The Labute approximate surface area is 66.1 Å². The Morgan fingerprint density at radius 2 is 2.22 bits per heavy atom. The van der Waals surface area contributed by atoms with Crippen LogP contribution in [0.1, 0.15) is 6.42 Å². The molecule has 0 heterocycles. The minimum Gasteiger partial charge on any atom is -0.381 e. The second-order valence-corrected chi connectivity index (χ2v) is 3.01. The number of hydrogen-bond acceptors (Lipinski definition) is 2. The van der Waals surface area contributed by atoms with Crippen molar-refractivity contribution in [3.63, 3.8) is 0 Å². The van der Waals surface area contributed by atoms with Crippen LogP contribution < -0.4 is 0 Å². The average Bonchev–Trinajstić information content (AvgIpc) is 1.89. The van der Waals surface area contributed by atoms with Crippen molar-refractivity contribution in [3.8, 4) is 0 Å². The molecule has 9 heavy (non-hydrogen) atoms. The van der Waals surface area contributed by atoms with E-state index in [9.17, 15) is 0 Å². The molecular formula is C6H13ClOS. The Morgan fingerprint density at radius 1 is 1.44 bits per heavy atom. The van der Waals surface area contributed by atoms with Crippen LogP contribution in [0.5, 0.6) is 0 Å². The van der Waals surface area contributed by atoms with Gasteiger partial charge in [0.1, 0.15) is 0 Å². The molecule has 0 aliphatic rings. The van der Waals surface area contributed by atoms with Gasteiger partial charge in [-0.2, -0.15) is 11.8 Å². The highest BCUT2D eigenvalue weighted by Gasteiger charge is 1.85. The maximum Gasteiger partial charge on any atom is 0.0556 e. The van der Waals surface area contributed by atoms with Crippen LogP contribution in [-0.2, 0) is 4.74 Å². The quantitative estimate of drug-likeness (QED) is 0.443. The third kappa shape index (κ3) is 8.60. The van der Waals surface area contributed by atoms with Gasteiger partial charge >= 0.3 is 0 Å². The molecule has 0 rings (SSSR count). The normalized spacial score (nSPS) is 10.0. The van der Waals surface area contributed by atoms with Gasteiger partial charge in [0.15, 0.2) is 0 Å². The van der Waals surface area contributed by atoms with E-state index in [-0.39, 0.29) is 0 Å². The lowest BCUT2D eigenvalue weighted by molar-refractivity contribution is 0.151. The van der Waals surface area contributed by atoms with Crippen LogP contribution in [0.2, 0.25) is 0 Å². The summed E-state index contributed by atoms with van der Waals surface area (Å²) >= 11 is 7.23. The van der Waals surface area contributed by atoms with Gasteiger partial charge in [-0.15, -0.1) is 11.6 Å². The molecule has 0 aliphatic carbocycles. The van der Waals surface area contributed by atoms with Crippen molar-refractivity contribution in [3.05, 3.63) is 0 Å². The fourth-order valence-corrected chi connectivity index (χ4v) is 0.795. The van der Waals surface area contributed by atoms with Gasteiger partial charge in [0.05, 0.1) is 6.61 Å².